The summed E-state index contributed by atoms with van der Waals surface area (Å²) in [4.78, 5) is 30.4. The molecule has 0 radical (unpaired) electrons. The van der Waals surface area contributed by atoms with Crippen molar-refractivity contribution in [2.75, 3.05) is 10.8 Å². The van der Waals surface area contributed by atoms with Crippen LogP contribution in [0.4, 0.5) is 5.69 Å². The third kappa shape index (κ3) is 9.41. The molecule has 4 aromatic rings. The SMILES string of the molecule is Cc1ccc(S(=O)(=O)N(CC(=O)N(Cc2cccc(Br)c2)[C@H](Cc2ccccc2)C(=O)NC2CCCCC2)c2cc(Cl)cc(Cl)c2)cc1. The number of rotatable bonds is 12. The van der Waals surface area contributed by atoms with Crippen molar-refractivity contribution in [1.29, 1.82) is 0 Å². The zero-order chi connectivity index (χ0) is 34.3. The van der Waals surface area contributed by atoms with Gasteiger partial charge in [0.15, 0.2) is 0 Å². The van der Waals surface area contributed by atoms with E-state index in [0.29, 0.717) is 0 Å². The summed E-state index contributed by atoms with van der Waals surface area (Å²) in [5.74, 6) is -0.825. The molecule has 0 unspecified atom stereocenters. The maximum Gasteiger partial charge on any atom is 0.264 e. The van der Waals surface area contributed by atoms with Crippen LogP contribution >= 0.6 is 39.1 Å². The Kier molecular flexibility index (Phi) is 12.2. The third-order valence-corrected chi connectivity index (χ3v) is 11.2. The maximum atomic E-state index is 14.7. The van der Waals surface area contributed by atoms with Crippen LogP contribution in [0.1, 0.15) is 48.8 Å². The van der Waals surface area contributed by atoms with Crippen molar-refractivity contribution >= 4 is 66.7 Å². The topological polar surface area (TPSA) is 86.8 Å². The van der Waals surface area contributed by atoms with Gasteiger partial charge in [-0.25, -0.2) is 8.42 Å². The first-order valence-electron chi connectivity index (χ1n) is 15.9. The van der Waals surface area contributed by atoms with E-state index in [-0.39, 0.29) is 45.5 Å². The second kappa shape index (κ2) is 16.4. The molecule has 11 heteroatoms. The smallest absolute Gasteiger partial charge is 0.264 e. The highest BCUT2D eigenvalue weighted by Crippen LogP contribution is 2.31. The van der Waals surface area contributed by atoms with Crippen molar-refractivity contribution < 1.29 is 18.0 Å². The number of amides is 2. The van der Waals surface area contributed by atoms with Crippen LogP contribution in [-0.2, 0) is 32.6 Å². The Morgan fingerprint density at radius 1 is 0.854 bits per heavy atom. The van der Waals surface area contributed by atoms with Gasteiger partial charge in [-0.2, -0.15) is 0 Å². The average Bonchev–Trinajstić information content (AvgIpc) is 3.05. The van der Waals surface area contributed by atoms with E-state index in [4.69, 9.17) is 23.2 Å². The molecule has 0 bridgehead atoms. The first-order chi connectivity index (χ1) is 23.0. The van der Waals surface area contributed by atoms with Crippen molar-refractivity contribution in [3.8, 4) is 0 Å². The van der Waals surface area contributed by atoms with E-state index in [1.54, 1.807) is 12.1 Å². The number of nitrogens with one attached hydrogen (secondary N) is 1. The first kappa shape index (κ1) is 35.9. The number of sulfonamides is 1. The van der Waals surface area contributed by atoms with Crippen LogP contribution < -0.4 is 9.62 Å². The molecule has 1 atom stereocenters. The van der Waals surface area contributed by atoms with Crippen LogP contribution in [0.5, 0.6) is 0 Å². The highest BCUT2D eigenvalue weighted by atomic mass is 79.9. The minimum atomic E-state index is -4.28. The zero-order valence-electron chi connectivity index (χ0n) is 26.6. The number of carbonyl (C=O) groups excluding carboxylic acids is 2. The fourth-order valence-corrected chi connectivity index (χ4v) is 8.34. The fourth-order valence-electron chi connectivity index (χ4n) is 5.98. The molecule has 0 saturated heterocycles. The Morgan fingerprint density at radius 2 is 1.50 bits per heavy atom. The molecular weight excluding hydrogens is 733 g/mol. The minimum absolute atomic E-state index is 0.00594. The molecule has 4 aromatic carbocycles. The van der Waals surface area contributed by atoms with Gasteiger partial charge in [-0.15, -0.1) is 0 Å². The predicted molar refractivity (Wildman–Crippen MR) is 196 cm³/mol. The van der Waals surface area contributed by atoms with Gasteiger partial charge in [0.05, 0.1) is 10.6 Å². The molecule has 5 rings (SSSR count). The zero-order valence-corrected chi connectivity index (χ0v) is 30.5. The highest BCUT2D eigenvalue weighted by Gasteiger charge is 2.35. The lowest BCUT2D eigenvalue weighted by Crippen LogP contribution is -2.55. The minimum Gasteiger partial charge on any atom is -0.352 e. The van der Waals surface area contributed by atoms with E-state index in [0.717, 1.165) is 57.6 Å². The second-order valence-corrected chi connectivity index (χ2v) is 15.8. The van der Waals surface area contributed by atoms with E-state index >= 15 is 0 Å². The van der Waals surface area contributed by atoms with Gasteiger partial charge in [-0.3, -0.25) is 13.9 Å². The first-order valence-corrected chi connectivity index (χ1v) is 18.9. The summed E-state index contributed by atoms with van der Waals surface area (Å²) in [6, 6.07) is 26.9. The molecule has 2 amide bonds. The highest BCUT2D eigenvalue weighted by molar-refractivity contribution is 9.10. The lowest BCUT2D eigenvalue weighted by atomic mass is 9.94. The number of hydrogen-bond donors (Lipinski definition) is 1. The van der Waals surface area contributed by atoms with Crippen molar-refractivity contribution in [2.24, 2.45) is 0 Å². The van der Waals surface area contributed by atoms with Gasteiger partial charge >= 0.3 is 0 Å². The molecule has 0 aromatic heterocycles. The molecule has 1 fully saturated rings. The van der Waals surface area contributed by atoms with Crippen LogP contribution in [-0.4, -0.2) is 43.8 Å². The second-order valence-electron chi connectivity index (χ2n) is 12.2. The number of anilines is 1. The van der Waals surface area contributed by atoms with E-state index in [2.05, 4.69) is 21.2 Å². The van der Waals surface area contributed by atoms with Gasteiger partial charge in [-0.1, -0.05) is 119 Å². The van der Waals surface area contributed by atoms with Crippen LogP contribution in [0.25, 0.3) is 0 Å². The number of nitrogens with zero attached hydrogens (tertiary/aromatic N) is 2. The summed E-state index contributed by atoms with van der Waals surface area (Å²) in [7, 11) is -4.28. The van der Waals surface area contributed by atoms with E-state index < -0.39 is 28.5 Å². The van der Waals surface area contributed by atoms with Crippen molar-refractivity contribution in [3.05, 3.63) is 128 Å². The maximum absolute atomic E-state index is 14.7. The Bertz CT molecular complexity index is 1820. The summed E-state index contributed by atoms with van der Waals surface area (Å²) in [5, 5.41) is 3.66. The molecule has 252 valence electrons. The largest absolute Gasteiger partial charge is 0.352 e. The third-order valence-electron chi connectivity index (χ3n) is 8.49. The number of halogens is 3. The molecule has 7 nitrogen and oxygen atoms in total. The average molecular weight is 772 g/mol. The number of aryl methyl sites for hydroxylation is 1. The Hall–Kier alpha value is -3.37. The van der Waals surface area contributed by atoms with Crippen molar-refractivity contribution in [1.82, 2.24) is 10.2 Å². The lowest BCUT2D eigenvalue weighted by Gasteiger charge is -2.35. The fraction of sp³-hybridized carbons (Fsp3) is 0.297. The van der Waals surface area contributed by atoms with E-state index in [9.17, 15) is 18.0 Å². The summed E-state index contributed by atoms with van der Waals surface area (Å²) < 4.78 is 30.4. The van der Waals surface area contributed by atoms with Gasteiger partial charge in [0.1, 0.15) is 12.6 Å². The molecule has 1 aliphatic rings. The number of benzene rings is 4. The Morgan fingerprint density at radius 3 is 2.15 bits per heavy atom. The van der Waals surface area contributed by atoms with Gasteiger partial charge in [0.25, 0.3) is 10.0 Å². The molecule has 1 N–H and O–H groups in total. The summed E-state index contributed by atoms with van der Waals surface area (Å²) in [5.41, 5.74) is 2.67. The molecule has 1 saturated carbocycles. The molecule has 0 aliphatic heterocycles. The van der Waals surface area contributed by atoms with Crippen LogP contribution in [0.2, 0.25) is 10.0 Å². The number of hydrogen-bond acceptors (Lipinski definition) is 4. The normalized spacial score (nSPS) is 14.2. The van der Waals surface area contributed by atoms with Crippen LogP contribution in [0.15, 0.2) is 106 Å². The molecule has 0 spiro atoms. The van der Waals surface area contributed by atoms with E-state index in [1.807, 2.05) is 61.5 Å². The van der Waals surface area contributed by atoms with Crippen molar-refractivity contribution in [2.45, 2.75) is 69.0 Å². The molecule has 1 aliphatic carbocycles. The van der Waals surface area contributed by atoms with Gasteiger partial charge in [-0.05, 0) is 73.4 Å². The lowest BCUT2D eigenvalue weighted by molar-refractivity contribution is -0.140. The van der Waals surface area contributed by atoms with Gasteiger partial charge < -0.3 is 10.2 Å². The number of carbonyl (C=O) groups is 2. The van der Waals surface area contributed by atoms with Crippen LogP contribution in [0, 0.1) is 6.92 Å². The van der Waals surface area contributed by atoms with E-state index in [1.165, 1.54) is 35.2 Å². The van der Waals surface area contributed by atoms with Gasteiger partial charge in [0, 0.05) is 33.5 Å². The monoisotopic (exact) mass is 769 g/mol. The Balaban J connectivity index is 1.58. The summed E-state index contributed by atoms with van der Waals surface area (Å²) in [6.07, 6.45) is 5.19. The predicted octanol–water partition coefficient (Wildman–Crippen LogP) is 8.35. The standard InChI is InChI=1S/C37H38BrCl2N3O4S/c1-26-15-17-34(18-16-26)48(46,47)43(33-22-30(39)21-31(40)23-33)25-36(44)42(24-28-11-8-12-29(38)19-28)35(20-27-9-4-2-5-10-27)37(45)41-32-13-6-3-7-14-32/h2,4-5,8-12,15-19,21-23,32,35H,3,6-7,13-14,20,24-25H2,1H3,(H,41,45)/t35-/m1/s1. The quantitative estimate of drug-likeness (QED) is 0.157. The molecule has 48 heavy (non-hydrogen) atoms. The van der Waals surface area contributed by atoms with Crippen LogP contribution in [0.3, 0.4) is 0 Å². The molecular formula is C37H38BrCl2N3O4S. The molecule has 0 heterocycles. The Labute approximate surface area is 301 Å². The summed E-state index contributed by atoms with van der Waals surface area (Å²) >= 11 is 16.2. The van der Waals surface area contributed by atoms with Crippen molar-refractivity contribution in [3.63, 3.8) is 0 Å². The summed E-state index contributed by atoms with van der Waals surface area (Å²) in [6.45, 7) is 1.34. The van der Waals surface area contributed by atoms with Gasteiger partial charge in [0.2, 0.25) is 11.8 Å².